The van der Waals surface area contributed by atoms with Crippen LogP contribution in [0.4, 0.5) is 11.5 Å². The van der Waals surface area contributed by atoms with Crippen LogP contribution < -0.4 is 10.6 Å². The van der Waals surface area contributed by atoms with Crippen molar-refractivity contribution in [2.75, 3.05) is 5.32 Å². The number of benzene rings is 1. The molecule has 0 saturated heterocycles. The van der Waals surface area contributed by atoms with E-state index in [1.165, 1.54) is 11.1 Å². The number of nitrogens with one attached hydrogen (secondary N) is 2. The van der Waals surface area contributed by atoms with Crippen molar-refractivity contribution in [1.82, 2.24) is 25.2 Å². The number of amides is 1. The lowest BCUT2D eigenvalue weighted by Gasteiger charge is -2.30. The fourth-order valence-electron chi connectivity index (χ4n) is 5.23. The van der Waals surface area contributed by atoms with E-state index >= 15 is 0 Å². The van der Waals surface area contributed by atoms with E-state index in [1.807, 2.05) is 38.1 Å². The van der Waals surface area contributed by atoms with Crippen molar-refractivity contribution in [1.29, 1.82) is 0 Å². The van der Waals surface area contributed by atoms with Crippen LogP contribution in [-0.4, -0.2) is 37.7 Å². The first kappa shape index (κ1) is 25.4. The summed E-state index contributed by atoms with van der Waals surface area (Å²) in [7, 11) is 1.72. The molecule has 9 heteroatoms. The van der Waals surface area contributed by atoms with Gasteiger partial charge in [-0.15, -0.1) is 0 Å². The summed E-state index contributed by atoms with van der Waals surface area (Å²) in [6.07, 6.45) is 8.53. The van der Waals surface area contributed by atoms with Crippen molar-refractivity contribution < 1.29 is 14.1 Å². The van der Waals surface area contributed by atoms with Crippen LogP contribution in [-0.2, 0) is 7.05 Å². The fourth-order valence-corrected chi connectivity index (χ4v) is 5.23. The SMILES string of the molecule is Cc1noc(C)c1-c1ccc(Nc2ccc(C(=O)[C@@H](NC(=O)c3ccnn3C)C3CCCCC3)cc2)nc1. The molecule has 1 fully saturated rings. The minimum absolute atomic E-state index is 0.0686. The zero-order valence-corrected chi connectivity index (χ0v) is 21.9. The second kappa shape index (κ2) is 11.0. The molecule has 1 atom stereocenters. The number of hydrogen-bond acceptors (Lipinski definition) is 7. The van der Waals surface area contributed by atoms with E-state index in [-0.39, 0.29) is 17.6 Å². The Morgan fingerprint density at radius 1 is 1.03 bits per heavy atom. The van der Waals surface area contributed by atoms with Gasteiger partial charge in [-0.1, -0.05) is 24.4 Å². The van der Waals surface area contributed by atoms with Crippen molar-refractivity contribution in [2.45, 2.75) is 52.0 Å². The summed E-state index contributed by atoms with van der Waals surface area (Å²) < 4.78 is 6.78. The number of pyridine rings is 1. The number of aryl methyl sites for hydroxylation is 3. The van der Waals surface area contributed by atoms with Gasteiger partial charge in [0.25, 0.3) is 5.91 Å². The molecule has 196 valence electrons. The molecule has 3 heterocycles. The zero-order chi connectivity index (χ0) is 26.6. The molecule has 1 aliphatic carbocycles. The van der Waals surface area contributed by atoms with Gasteiger partial charge in [-0.2, -0.15) is 5.10 Å². The standard InChI is InChI=1S/C29H32N6O3/c1-18-26(19(2)38-34-18)22-11-14-25(30-17-22)32-23-12-9-21(10-13-23)28(36)27(20-7-5-4-6-8-20)33-29(37)24-15-16-31-35(24)3/h9-17,20,27H,4-8H2,1-3H3,(H,30,32)(H,33,37)/t27-/m0/s1. The van der Waals surface area contributed by atoms with Crippen LogP contribution in [0.25, 0.3) is 11.1 Å². The Hall–Kier alpha value is -4.27. The number of rotatable bonds is 8. The first-order valence-electron chi connectivity index (χ1n) is 13.0. The molecule has 4 aromatic rings. The van der Waals surface area contributed by atoms with E-state index in [0.717, 1.165) is 54.0 Å². The summed E-state index contributed by atoms with van der Waals surface area (Å²) in [5.74, 6) is 1.21. The summed E-state index contributed by atoms with van der Waals surface area (Å²) in [4.78, 5) is 31.1. The predicted molar refractivity (Wildman–Crippen MR) is 144 cm³/mol. The van der Waals surface area contributed by atoms with Crippen molar-refractivity contribution in [2.24, 2.45) is 13.0 Å². The molecule has 5 rings (SSSR count). The molecular formula is C29H32N6O3. The molecule has 38 heavy (non-hydrogen) atoms. The van der Waals surface area contributed by atoms with Crippen LogP contribution in [0.15, 0.2) is 59.4 Å². The smallest absolute Gasteiger partial charge is 0.270 e. The van der Waals surface area contributed by atoms with E-state index in [1.54, 1.807) is 37.6 Å². The summed E-state index contributed by atoms with van der Waals surface area (Å²) in [6.45, 7) is 3.79. The Morgan fingerprint density at radius 3 is 2.39 bits per heavy atom. The molecule has 0 spiro atoms. The largest absolute Gasteiger partial charge is 0.361 e. The van der Waals surface area contributed by atoms with E-state index < -0.39 is 6.04 Å². The summed E-state index contributed by atoms with van der Waals surface area (Å²) in [6, 6.07) is 12.3. The Kier molecular flexibility index (Phi) is 7.35. The molecule has 1 saturated carbocycles. The average Bonchev–Trinajstić information content (AvgIpc) is 3.52. The van der Waals surface area contributed by atoms with Crippen molar-refractivity contribution in [3.05, 3.63) is 77.6 Å². The van der Waals surface area contributed by atoms with Crippen molar-refractivity contribution in [3.8, 4) is 11.1 Å². The molecule has 9 nitrogen and oxygen atoms in total. The maximum absolute atomic E-state index is 13.6. The van der Waals surface area contributed by atoms with Gasteiger partial charge >= 0.3 is 0 Å². The lowest BCUT2D eigenvalue weighted by atomic mass is 9.81. The second-order valence-electron chi connectivity index (χ2n) is 9.89. The van der Waals surface area contributed by atoms with Gasteiger partial charge in [-0.25, -0.2) is 4.98 Å². The summed E-state index contributed by atoms with van der Waals surface area (Å²) >= 11 is 0. The third-order valence-electron chi connectivity index (χ3n) is 7.27. The number of carbonyl (C=O) groups is 2. The molecule has 0 bridgehead atoms. The molecule has 1 aliphatic rings. The number of aromatic nitrogens is 4. The van der Waals surface area contributed by atoms with E-state index in [9.17, 15) is 9.59 Å². The highest BCUT2D eigenvalue weighted by molar-refractivity contribution is 6.04. The first-order valence-corrected chi connectivity index (χ1v) is 13.0. The Bertz CT molecular complexity index is 1400. The van der Waals surface area contributed by atoms with Crippen molar-refractivity contribution in [3.63, 3.8) is 0 Å². The van der Waals surface area contributed by atoms with Crippen LogP contribution >= 0.6 is 0 Å². The van der Waals surface area contributed by atoms with Gasteiger partial charge in [-0.3, -0.25) is 14.3 Å². The normalized spacial score (nSPS) is 14.7. The van der Waals surface area contributed by atoms with Crippen LogP contribution in [0, 0.1) is 19.8 Å². The maximum atomic E-state index is 13.6. The van der Waals surface area contributed by atoms with Crippen LogP contribution in [0.1, 0.15) is 64.4 Å². The minimum atomic E-state index is -0.574. The van der Waals surface area contributed by atoms with Crippen LogP contribution in [0.5, 0.6) is 0 Å². The zero-order valence-electron chi connectivity index (χ0n) is 21.9. The molecule has 0 unspecified atom stereocenters. The van der Waals surface area contributed by atoms with Gasteiger partial charge in [0.2, 0.25) is 0 Å². The Labute approximate surface area is 221 Å². The minimum Gasteiger partial charge on any atom is -0.361 e. The highest BCUT2D eigenvalue weighted by Crippen LogP contribution is 2.30. The molecule has 3 aromatic heterocycles. The van der Waals surface area contributed by atoms with Gasteiger partial charge in [-0.05, 0) is 75.1 Å². The molecule has 1 aromatic carbocycles. The second-order valence-corrected chi connectivity index (χ2v) is 9.89. The average molecular weight is 513 g/mol. The summed E-state index contributed by atoms with van der Waals surface area (Å²) in [5.41, 5.74) is 4.54. The lowest BCUT2D eigenvalue weighted by Crippen LogP contribution is -2.47. The van der Waals surface area contributed by atoms with Gasteiger partial charge in [0.15, 0.2) is 5.78 Å². The molecule has 1 amide bonds. The molecule has 2 N–H and O–H groups in total. The number of ketones is 1. The number of nitrogens with zero attached hydrogens (tertiary/aromatic N) is 4. The van der Waals surface area contributed by atoms with Crippen LogP contribution in [0.3, 0.4) is 0 Å². The number of Topliss-reactive ketones (excluding diaryl/α,β-unsaturated/α-hetero) is 1. The van der Waals surface area contributed by atoms with Crippen molar-refractivity contribution >= 4 is 23.2 Å². The molecular weight excluding hydrogens is 480 g/mol. The van der Waals surface area contributed by atoms with E-state index in [2.05, 4.69) is 25.9 Å². The molecule has 0 radical (unpaired) electrons. The third-order valence-corrected chi connectivity index (χ3v) is 7.27. The lowest BCUT2D eigenvalue weighted by molar-refractivity contribution is 0.0798. The highest BCUT2D eigenvalue weighted by atomic mass is 16.5. The number of hydrogen-bond donors (Lipinski definition) is 2. The van der Waals surface area contributed by atoms with Gasteiger partial charge in [0.1, 0.15) is 17.3 Å². The van der Waals surface area contributed by atoms with Crippen LogP contribution in [0.2, 0.25) is 0 Å². The highest BCUT2D eigenvalue weighted by Gasteiger charge is 2.32. The Balaban J connectivity index is 1.29. The van der Waals surface area contributed by atoms with Gasteiger partial charge < -0.3 is 15.2 Å². The monoisotopic (exact) mass is 512 g/mol. The quantitative estimate of drug-likeness (QED) is 0.304. The van der Waals surface area contributed by atoms with E-state index in [0.29, 0.717) is 17.1 Å². The maximum Gasteiger partial charge on any atom is 0.270 e. The Morgan fingerprint density at radius 2 is 1.79 bits per heavy atom. The summed E-state index contributed by atoms with van der Waals surface area (Å²) in [5, 5.41) is 14.4. The van der Waals surface area contributed by atoms with Gasteiger partial charge in [0.05, 0.1) is 11.7 Å². The third kappa shape index (κ3) is 5.37. The van der Waals surface area contributed by atoms with E-state index in [4.69, 9.17) is 4.52 Å². The number of anilines is 2. The topological polar surface area (TPSA) is 115 Å². The number of carbonyl (C=O) groups excluding carboxylic acids is 2. The first-order chi connectivity index (χ1) is 18.4. The van der Waals surface area contributed by atoms with Gasteiger partial charge in [0, 0.05) is 41.8 Å². The predicted octanol–water partition coefficient (Wildman–Crippen LogP) is 5.39. The fraction of sp³-hybridized carbons (Fsp3) is 0.345. The molecule has 0 aliphatic heterocycles.